The van der Waals surface area contributed by atoms with Crippen molar-refractivity contribution < 1.29 is 19.1 Å². The number of carboxylic acids is 1. The zero-order valence-corrected chi connectivity index (χ0v) is 16.5. The van der Waals surface area contributed by atoms with Crippen molar-refractivity contribution in [3.63, 3.8) is 0 Å². The van der Waals surface area contributed by atoms with Crippen molar-refractivity contribution >= 4 is 17.6 Å². The maximum atomic E-state index is 12.2. The fourth-order valence-corrected chi connectivity index (χ4v) is 3.03. The van der Waals surface area contributed by atoms with Crippen LogP contribution in [-0.4, -0.2) is 22.0 Å². The summed E-state index contributed by atoms with van der Waals surface area (Å²) >= 11 is 0. The lowest BCUT2D eigenvalue weighted by atomic mass is 10.0. The molecule has 1 aromatic heterocycles. The lowest BCUT2D eigenvalue weighted by molar-refractivity contribution is -0.141. The number of carbonyl (C=O) groups excluding carboxylic acids is 1. The topological polar surface area (TPSA) is 92.4 Å². The highest BCUT2D eigenvalue weighted by atomic mass is 16.4. The van der Waals surface area contributed by atoms with Crippen molar-refractivity contribution in [1.29, 1.82) is 0 Å². The molecule has 1 heterocycles. The Morgan fingerprint density at radius 2 is 1.79 bits per heavy atom. The van der Waals surface area contributed by atoms with Crippen LogP contribution in [0.1, 0.15) is 30.5 Å². The van der Waals surface area contributed by atoms with E-state index in [9.17, 15) is 9.59 Å². The number of nitrogens with one attached hydrogen (secondary N) is 1. The SMILES string of the molecule is Cc1nc(CCC(=O)Nc2ccc(CC(C)C(=O)O)cc2)oc1-c1ccccc1. The number of carboxylic acid groups (broad SMARTS) is 1. The first-order chi connectivity index (χ1) is 13.9. The molecule has 3 aromatic rings. The molecular weight excluding hydrogens is 368 g/mol. The summed E-state index contributed by atoms with van der Waals surface area (Å²) in [7, 11) is 0. The molecule has 0 aliphatic heterocycles. The number of hydrogen-bond acceptors (Lipinski definition) is 4. The van der Waals surface area contributed by atoms with Crippen LogP contribution in [0.25, 0.3) is 11.3 Å². The molecule has 0 aliphatic rings. The summed E-state index contributed by atoms with van der Waals surface area (Å²) in [4.78, 5) is 27.6. The number of aromatic nitrogens is 1. The van der Waals surface area contributed by atoms with Gasteiger partial charge in [-0.2, -0.15) is 0 Å². The smallest absolute Gasteiger partial charge is 0.306 e. The van der Waals surface area contributed by atoms with Crippen LogP contribution in [0.4, 0.5) is 5.69 Å². The quantitative estimate of drug-likeness (QED) is 0.589. The minimum atomic E-state index is -0.820. The molecule has 0 aliphatic carbocycles. The molecule has 0 saturated carbocycles. The summed E-state index contributed by atoms with van der Waals surface area (Å²) in [6.45, 7) is 3.56. The Bertz CT molecular complexity index is 978. The number of carbonyl (C=O) groups is 2. The third kappa shape index (κ3) is 5.54. The molecule has 0 spiro atoms. The largest absolute Gasteiger partial charge is 0.481 e. The van der Waals surface area contributed by atoms with E-state index in [4.69, 9.17) is 9.52 Å². The van der Waals surface area contributed by atoms with Gasteiger partial charge in [0.25, 0.3) is 0 Å². The fraction of sp³-hybridized carbons (Fsp3) is 0.261. The Labute approximate surface area is 169 Å². The van der Waals surface area contributed by atoms with E-state index in [0.717, 1.165) is 22.6 Å². The monoisotopic (exact) mass is 392 g/mol. The number of nitrogens with zero attached hydrogens (tertiary/aromatic N) is 1. The normalized spacial score (nSPS) is 11.8. The molecule has 150 valence electrons. The maximum Gasteiger partial charge on any atom is 0.306 e. The lowest BCUT2D eigenvalue weighted by Gasteiger charge is -2.08. The van der Waals surface area contributed by atoms with E-state index < -0.39 is 11.9 Å². The molecule has 3 rings (SSSR count). The summed E-state index contributed by atoms with van der Waals surface area (Å²) in [5.74, 6) is -0.129. The van der Waals surface area contributed by atoms with Crippen molar-refractivity contribution in [1.82, 2.24) is 4.98 Å². The third-order valence-corrected chi connectivity index (χ3v) is 4.64. The zero-order valence-electron chi connectivity index (χ0n) is 16.5. The lowest BCUT2D eigenvalue weighted by Crippen LogP contribution is -2.13. The van der Waals surface area contributed by atoms with Gasteiger partial charge in [0, 0.05) is 24.1 Å². The van der Waals surface area contributed by atoms with Gasteiger partial charge in [0.2, 0.25) is 5.91 Å². The molecule has 0 fully saturated rings. The first-order valence-electron chi connectivity index (χ1n) is 9.55. The number of aryl methyl sites for hydroxylation is 2. The molecule has 0 bridgehead atoms. The minimum Gasteiger partial charge on any atom is -0.481 e. The van der Waals surface area contributed by atoms with Crippen molar-refractivity contribution in [2.24, 2.45) is 5.92 Å². The van der Waals surface area contributed by atoms with Gasteiger partial charge in [0.05, 0.1) is 11.6 Å². The summed E-state index contributed by atoms with van der Waals surface area (Å²) in [5, 5.41) is 11.8. The molecule has 1 unspecified atom stereocenters. The van der Waals surface area contributed by atoms with Gasteiger partial charge in [-0.05, 0) is 31.0 Å². The highest BCUT2D eigenvalue weighted by Gasteiger charge is 2.14. The average Bonchev–Trinajstić information content (AvgIpc) is 3.09. The second-order valence-electron chi connectivity index (χ2n) is 7.08. The van der Waals surface area contributed by atoms with Crippen LogP contribution < -0.4 is 5.32 Å². The Balaban J connectivity index is 1.53. The highest BCUT2D eigenvalue weighted by molar-refractivity contribution is 5.90. The Hall–Kier alpha value is -3.41. The molecule has 2 aromatic carbocycles. The second-order valence-corrected chi connectivity index (χ2v) is 7.08. The first-order valence-corrected chi connectivity index (χ1v) is 9.55. The van der Waals surface area contributed by atoms with E-state index in [1.807, 2.05) is 49.4 Å². The van der Waals surface area contributed by atoms with E-state index in [0.29, 0.717) is 24.4 Å². The molecule has 6 nitrogen and oxygen atoms in total. The molecular formula is C23H24N2O4. The zero-order chi connectivity index (χ0) is 20.8. The van der Waals surface area contributed by atoms with Crippen LogP contribution in [0, 0.1) is 12.8 Å². The predicted octanol–water partition coefficient (Wildman–Crippen LogP) is 4.48. The second kappa shape index (κ2) is 9.19. The van der Waals surface area contributed by atoms with Gasteiger partial charge in [-0.3, -0.25) is 9.59 Å². The third-order valence-electron chi connectivity index (χ3n) is 4.64. The predicted molar refractivity (Wildman–Crippen MR) is 111 cm³/mol. The number of hydrogen-bond donors (Lipinski definition) is 2. The van der Waals surface area contributed by atoms with Crippen molar-refractivity contribution in [3.05, 3.63) is 71.7 Å². The number of oxazole rings is 1. The van der Waals surface area contributed by atoms with Gasteiger partial charge in [-0.1, -0.05) is 49.4 Å². The molecule has 1 atom stereocenters. The van der Waals surface area contributed by atoms with Crippen LogP contribution in [0.15, 0.2) is 59.0 Å². The van der Waals surface area contributed by atoms with Gasteiger partial charge < -0.3 is 14.8 Å². The molecule has 2 N–H and O–H groups in total. The number of aliphatic carboxylic acids is 1. The number of anilines is 1. The van der Waals surface area contributed by atoms with Crippen molar-refractivity contribution in [3.8, 4) is 11.3 Å². The molecule has 0 radical (unpaired) electrons. The minimum absolute atomic E-state index is 0.131. The van der Waals surface area contributed by atoms with Crippen LogP contribution in [0.5, 0.6) is 0 Å². The standard InChI is InChI=1S/C23H24N2O4/c1-15(23(27)28)14-17-8-10-19(11-9-17)25-20(26)12-13-21-24-16(2)22(29-21)18-6-4-3-5-7-18/h3-11,15H,12-14H2,1-2H3,(H,25,26)(H,27,28). The summed E-state index contributed by atoms with van der Waals surface area (Å²) < 4.78 is 5.83. The Morgan fingerprint density at radius 3 is 2.45 bits per heavy atom. The van der Waals surface area contributed by atoms with E-state index in [1.165, 1.54) is 0 Å². The van der Waals surface area contributed by atoms with E-state index in [-0.39, 0.29) is 12.3 Å². The van der Waals surface area contributed by atoms with Crippen LogP contribution in [0.3, 0.4) is 0 Å². The van der Waals surface area contributed by atoms with Crippen molar-refractivity contribution in [2.45, 2.75) is 33.1 Å². The molecule has 6 heteroatoms. The highest BCUT2D eigenvalue weighted by Crippen LogP contribution is 2.24. The Kier molecular flexibility index (Phi) is 6.44. The van der Waals surface area contributed by atoms with Gasteiger partial charge in [-0.25, -0.2) is 4.98 Å². The summed E-state index contributed by atoms with van der Waals surface area (Å²) in [6, 6.07) is 17.0. The first kappa shape index (κ1) is 20.3. The maximum absolute atomic E-state index is 12.2. The molecule has 0 saturated heterocycles. The van der Waals surface area contributed by atoms with Crippen LogP contribution in [-0.2, 0) is 22.4 Å². The van der Waals surface area contributed by atoms with E-state index in [1.54, 1.807) is 19.1 Å². The van der Waals surface area contributed by atoms with Gasteiger partial charge >= 0.3 is 5.97 Å². The summed E-state index contributed by atoms with van der Waals surface area (Å²) in [5.41, 5.74) is 3.36. The fourth-order valence-electron chi connectivity index (χ4n) is 3.03. The molecule has 1 amide bonds. The summed E-state index contributed by atoms with van der Waals surface area (Å²) in [6.07, 6.45) is 1.12. The van der Waals surface area contributed by atoms with Crippen molar-refractivity contribution in [2.75, 3.05) is 5.32 Å². The van der Waals surface area contributed by atoms with Crippen LogP contribution in [0.2, 0.25) is 0 Å². The molecule has 29 heavy (non-hydrogen) atoms. The number of rotatable bonds is 8. The number of amides is 1. The van der Waals surface area contributed by atoms with E-state index in [2.05, 4.69) is 10.3 Å². The number of benzene rings is 2. The van der Waals surface area contributed by atoms with Crippen LogP contribution >= 0.6 is 0 Å². The Morgan fingerprint density at radius 1 is 1.10 bits per heavy atom. The van der Waals surface area contributed by atoms with Gasteiger partial charge in [-0.15, -0.1) is 0 Å². The van der Waals surface area contributed by atoms with Gasteiger partial charge in [0.1, 0.15) is 0 Å². The average molecular weight is 392 g/mol. The van der Waals surface area contributed by atoms with Gasteiger partial charge in [0.15, 0.2) is 11.7 Å². The van der Waals surface area contributed by atoms with E-state index >= 15 is 0 Å².